The first-order chi connectivity index (χ1) is 9.18. The lowest BCUT2D eigenvalue weighted by molar-refractivity contribution is -0.350. The van der Waals surface area contributed by atoms with Crippen LogP contribution in [0, 0.1) is 0 Å². The summed E-state index contributed by atoms with van der Waals surface area (Å²) in [5.41, 5.74) is -3.74. The van der Waals surface area contributed by atoms with E-state index in [1.54, 1.807) is 0 Å². The topological polar surface area (TPSA) is 9.23 Å². The fourth-order valence-electron chi connectivity index (χ4n) is 1.54. The average molecular weight is 314 g/mol. The Morgan fingerprint density at radius 1 is 0.714 bits per heavy atom. The molecule has 0 unspecified atom stereocenters. The SMILES string of the molecule is CC(C)(C)c1ccc(OC(C)(C(F)(F)F)C(F)(F)F)cc1. The largest absolute Gasteiger partial charge is 0.469 e. The van der Waals surface area contributed by atoms with E-state index in [4.69, 9.17) is 0 Å². The Morgan fingerprint density at radius 3 is 1.38 bits per heavy atom. The first-order valence-corrected chi connectivity index (χ1v) is 6.11. The van der Waals surface area contributed by atoms with Gasteiger partial charge in [-0.2, -0.15) is 26.3 Å². The smallest absolute Gasteiger partial charge is 0.437 e. The molecule has 0 atom stereocenters. The lowest BCUT2D eigenvalue weighted by atomic mass is 9.87. The Bertz CT molecular complexity index is 464. The molecular weight excluding hydrogens is 298 g/mol. The Balaban J connectivity index is 3.13. The molecule has 7 heteroatoms. The molecule has 1 rings (SSSR count). The summed E-state index contributed by atoms with van der Waals surface area (Å²) in [5.74, 6) is -0.486. The molecule has 0 aromatic heterocycles. The Kier molecular flexibility index (Phi) is 4.29. The van der Waals surface area contributed by atoms with Gasteiger partial charge in [0.2, 0.25) is 0 Å². The van der Waals surface area contributed by atoms with Crippen molar-refractivity contribution in [2.45, 2.75) is 51.1 Å². The zero-order valence-corrected chi connectivity index (χ0v) is 12.0. The van der Waals surface area contributed by atoms with E-state index >= 15 is 0 Å². The average Bonchev–Trinajstić information content (AvgIpc) is 2.25. The standard InChI is InChI=1S/C14H16F6O/c1-11(2,3)9-5-7-10(8-6-9)21-12(4,13(15,16)17)14(18,19)20/h5-8H,1-4H3. The molecule has 21 heavy (non-hydrogen) atoms. The molecule has 0 amide bonds. The molecule has 0 heterocycles. The molecular formula is C14H16F6O. The van der Waals surface area contributed by atoms with Crippen LogP contribution in [-0.4, -0.2) is 18.0 Å². The van der Waals surface area contributed by atoms with Gasteiger partial charge in [-0.1, -0.05) is 32.9 Å². The van der Waals surface area contributed by atoms with Crippen LogP contribution >= 0.6 is 0 Å². The zero-order chi connectivity index (χ0) is 16.7. The Morgan fingerprint density at radius 2 is 1.10 bits per heavy atom. The molecule has 0 fully saturated rings. The zero-order valence-electron chi connectivity index (χ0n) is 12.0. The number of alkyl halides is 6. The van der Waals surface area contributed by atoms with Crippen LogP contribution in [0.5, 0.6) is 5.75 Å². The summed E-state index contributed by atoms with van der Waals surface area (Å²) in [6.45, 7) is 5.60. The molecule has 1 aromatic carbocycles. The molecule has 0 saturated carbocycles. The van der Waals surface area contributed by atoms with Gasteiger partial charge >= 0.3 is 12.4 Å². The predicted octanol–water partition coefficient (Wildman–Crippen LogP) is 5.25. The van der Waals surface area contributed by atoms with Crippen LogP contribution in [0.25, 0.3) is 0 Å². The number of benzene rings is 1. The van der Waals surface area contributed by atoms with Gasteiger partial charge < -0.3 is 4.74 Å². The highest BCUT2D eigenvalue weighted by atomic mass is 19.4. The third kappa shape index (κ3) is 3.63. The van der Waals surface area contributed by atoms with Crippen LogP contribution < -0.4 is 4.74 Å². The number of halogens is 6. The number of ether oxygens (including phenoxy) is 1. The molecule has 0 saturated heterocycles. The second-order valence-corrected chi connectivity index (χ2v) is 5.91. The van der Waals surface area contributed by atoms with E-state index in [1.807, 2.05) is 20.8 Å². The van der Waals surface area contributed by atoms with E-state index in [0.717, 1.165) is 17.7 Å². The molecule has 0 aliphatic rings. The maximum Gasteiger partial charge on any atom is 0.437 e. The van der Waals surface area contributed by atoms with Gasteiger partial charge in [-0.25, -0.2) is 0 Å². The lowest BCUT2D eigenvalue weighted by Gasteiger charge is -2.34. The summed E-state index contributed by atoms with van der Waals surface area (Å²) in [7, 11) is 0. The quantitative estimate of drug-likeness (QED) is 0.678. The normalized spacial score (nSPS) is 14.2. The Labute approximate surface area is 118 Å². The first-order valence-electron chi connectivity index (χ1n) is 6.11. The minimum Gasteiger partial charge on any atom is -0.469 e. The minimum absolute atomic E-state index is 0.0231. The van der Waals surface area contributed by atoms with Gasteiger partial charge in [-0.05, 0) is 30.0 Å². The van der Waals surface area contributed by atoms with Crippen molar-refractivity contribution < 1.29 is 31.1 Å². The summed E-state index contributed by atoms with van der Waals surface area (Å²) in [6, 6.07) is 5.11. The van der Waals surface area contributed by atoms with Crippen LogP contribution in [-0.2, 0) is 5.41 Å². The van der Waals surface area contributed by atoms with E-state index in [2.05, 4.69) is 4.74 Å². The van der Waals surface area contributed by atoms with Gasteiger partial charge in [0.25, 0.3) is 5.60 Å². The fourth-order valence-corrected chi connectivity index (χ4v) is 1.54. The van der Waals surface area contributed by atoms with E-state index in [-0.39, 0.29) is 12.3 Å². The highest BCUT2D eigenvalue weighted by Gasteiger charge is 2.70. The monoisotopic (exact) mass is 314 g/mol. The van der Waals surface area contributed by atoms with E-state index in [9.17, 15) is 26.3 Å². The summed E-state index contributed by atoms with van der Waals surface area (Å²) >= 11 is 0. The van der Waals surface area contributed by atoms with Crippen LogP contribution in [0.15, 0.2) is 24.3 Å². The third-order valence-electron chi connectivity index (χ3n) is 3.12. The molecule has 0 N–H and O–H groups in total. The Hall–Kier alpha value is -1.40. The minimum atomic E-state index is -5.58. The van der Waals surface area contributed by atoms with Crippen molar-refractivity contribution in [2.75, 3.05) is 0 Å². The highest BCUT2D eigenvalue weighted by molar-refractivity contribution is 5.31. The van der Waals surface area contributed by atoms with Gasteiger partial charge in [-0.3, -0.25) is 0 Å². The van der Waals surface area contributed by atoms with Gasteiger partial charge in [0.15, 0.2) is 0 Å². The molecule has 1 nitrogen and oxygen atoms in total. The lowest BCUT2D eigenvalue weighted by Crippen LogP contribution is -2.58. The molecule has 0 radical (unpaired) electrons. The van der Waals surface area contributed by atoms with E-state index in [0.29, 0.717) is 0 Å². The maximum absolute atomic E-state index is 12.7. The van der Waals surface area contributed by atoms with Crippen molar-refractivity contribution in [3.05, 3.63) is 29.8 Å². The van der Waals surface area contributed by atoms with Crippen molar-refractivity contribution in [1.29, 1.82) is 0 Å². The summed E-state index contributed by atoms with van der Waals surface area (Å²) in [4.78, 5) is 0. The maximum atomic E-state index is 12.7. The molecule has 0 aliphatic heterocycles. The van der Waals surface area contributed by atoms with Crippen molar-refractivity contribution in [2.24, 2.45) is 0 Å². The highest BCUT2D eigenvalue weighted by Crippen LogP contribution is 2.45. The van der Waals surface area contributed by atoms with E-state index < -0.39 is 23.7 Å². The van der Waals surface area contributed by atoms with Crippen LogP contribution in [0.3, 0.4) is 0 Å². The van der Waals surface area contributed by atoms with Gasteiger partial charge in [-0.15, -0.1) is 0 Å². The molecule has 0 spiro atoms. The van der Waals surface area contributed by atoms with Crippen LogP contribution in [0.4, 0.5) is 26.3 Å². The number of hydrogen-bond donors (Lipinski definition) is 0. The van der Waals surface area contributed by atoms with E-state index in [1.165, 1.54) is 12.1 Å². The molecule has 0 aliphatic carbocycles. The first kappa shape index (κ1) is 17.7. The second-order valence-electron chi connectivity index (χ2n) is 5.91. The number of hydrogen-bond acceptors (Lipinski definition) is 1. The number of rotatable bonds is 2. The predicted molar refractivity (Wildman–Crippen MR) is 66.3 cm³/mol. The summed E-state index contributed by atoms with van der Waals surface area (Å²) in [6.07, 6.45) is -11.2. The van der Waals surface area contributed by atoms with Gasteiger partial charge in [0, 0.05) is 0 Å². The third-order valence-corrected chi connectivity index (χ3v) is 3.12. The summed E-state index contributed by atoms with van der Waals surface area (Å²) < 4.78 is 80.5. The molecule has 1 aromatic rings. The second kappa shape index (κ2) is 5.10. The van der Waals surface area contributed by atoms with Crippen molar-refractivity contribution >= 4 is 0 Å². The van der Waals surface area contributed by atoms with Gasteiger partial charge in [0.05, 0.1) is 0 Å². The van der Waals surface area contributed by atoms with Crippen molar-refractivity contribution in [3.8, 4) is 5.75 Å². The molecule has 120 valence electrons. The van der Waals surface area contributed by atoms with Crippen LogP contribution in [0.1, 0.15) is 33.3 Å². The van der Waals surface area contributed by atoms with Crippen molar-refractivity contribution in [1.82, 2.24) is 0 Å². The van der Waals surface area contributed by atoms with Crippen LogP contribution in [0.2, 0.25) is 0 Å². The fraction of sp³-hybridized carbons (Fsp3) is 0.571. The van der Waals surface area contributed by atoms with Gasteiger partial charge in [0.1, 0.15) is 5.75 Å². The van der Waals surface area contributed by atoms with Crippen molar-refractivity contribution in [3.63, 3.8) is 0 Å². The molecule has 0 bridgehead atoms. The summed E-state index contributed by atoms with van der Waals surface area (Å²) in [5, 5.41) is 0.